The van der Waals surface area contributed by atoms with Crippen molar-refractivity contribution in [2.75, 3.05) is 0 Å². The Morgan fingerprint density at radius 3 is 2.58 bits per heavy atom. The van der Waals surface area contributed by atoms with Gasteiger partial charge in [-0.1, -0.05) is 24.8 Å². The minimum absolute atomic E-state index is 0.0434. The highest BCUT2D eigenvalue weighted by Crippen LogP contribution is 2.35. The number of rotatable bonds is 2. The second kappa shape index (κ2) is 3.65. The van der Waals surface area contributed by atoms with Gasteiger partial charge in [0.15, 0.2) is 0 Å². The van der Waals surface area contributed by atoms with E-state index in [1.807, 2.05) is 0 Å². The molecule has 0 aliphatic rings. The van der Waals surface area contributed by atoms with Gasteiger partial charge in [0, 0.05) is 10.9 Å². The fraction of sp³-hybridized carbons (Fsp3) is 0. The van der Waals surface area contributed by atoms with Gasteiger partial charge in [-0.25, -0.2) is 4.39 Å². The van der Waals surface area contributed by atoms with Gasteiger partial charge < -0.3 is 4.89 Å². The predicted octanol–water partition coefficient (Wildman–Crippen LogP) is 2.26. The molecule has 0 amide bonds. The third kappa shape index (κ3) is 1.81. The van der Waals surface area contributed by atoms with E-state index in [2.05, 4.69) is 6.58 Å². The van der Waals surface area contributed by atoms with E-state index in [0.717, 1.165) is 0 Å². The van der Waals surface area contributed by atoms with E-state index in [9.17, 15) is 8.96 Å². The molecule has 0 radical (unpaired) electrons. The lowest BCUT2D eigenvalue weighted by atomic mass is 10.2. The molecule has 1 aromatic rings. The molecule has 0 saturated carbocycles. The molecule has 0 spiro atoms. The molecule has 0 fully saturated rings. The van der Waals surface area contributed by atoms with Crippen LogP contribution in [0.15, 0.2) is 30.8 Å². The third-order valence-electron chi connectivity index (χ3n) is 1.46. The Hall–Kier alpha value is -0.920. The molecule has 0 aromatic heterocycles. The average molecular weight is 186 g/mol. The first kappa shape index (κ1) is 9.17. The summed E-state index contributed by atoms with van der Waals surface area (Å²) in [6.45, 7) is 3.33. The fourth-order valence-electron chi connectivity index (χ4n) is 0.821. The summed E-state index contributed by atoms with van der Waals surface area (Å²) in [6.07, 6.45) is 0. The molecule has 0 saturated heterocycles. The molecule has 2 nitrogen and oxygen atoms in total. The van der Waals surface area contributed by atoms with Crippen molar-refractivity contribution in [3.8, 4) is 0 Å². The molecule has 0 aliphatic carbocycles. The van der Waals surface area contributed by atoms with Gasteiger partial charge in [0.2, 0.25) is 8.03 Å². The largest absolute Gasteiger partial charge is 0.343 e. The van der Waals surface area contributed by atoms with Crippen molar-refractivity contribution >= 4 is 13.3 Å². The molecular formula is C8H8FO2P. The van der Waals surface area contributed by atoms with Crippen molar-refractivity contribution in [1.82, 2.24) is 0 Å². The van der Waals surface area contributed by atoms with Gasteiger partial charge in [-0.15, -0.1) is 0 Å². The Kier molecular flexibility index (Phi) is 2.79. The summed E-state index contributed by atoms with van der Waals surface area (Å²) in [5.41, 5.74) is 0.115. The fourth-order valence-corrected chi connectivity index (χ4v) is 1.25. The van der Waals surface area contributed by atoms with Gasteiger partial charge in [0.25, 0.3) is 0 Å². The average Bonchev–Trinajstić information content (AvgIpc) is 2.04. The minimum Gasteiger partial charge on any atom is -0.343 e. The molecule has 1 rings (SSSR count). The normalized spacial score (nSPS) is 12.5. The molecule has 12 heavy (non-hydrogen) atoms. The highest BCUT2D eigenvalue weighted by atomic mass is 31.1. The first-order valence-corrected chi connectivity index (χ1v) is 4.65. The molecule has 4 heteroatoms. The standard InChI is InChI=1S/C8H8FO2P/c1-6(12(10)11)7-4-2-3-5-8(7)9/h2-5,12H,1H2,(H,10,11). The van der Waals surface area contributed by atoms with Gasteiger partial charge in [0.1, 0.15) is 5.82 Å². The van der Waals surface area contributed by atoms with Crippen molar-refractivity contribution in [1.29, 1.82) is 0 Å². The second-order valence-electron chi connectivity index (χ2n) is 2.26. The van der Waals surface area contributed by atoms with E-state index < -0.39 is 13.8 Å². The van der Waals surface area contributed by atoms with E-state index in [1.165, 1.54) is 18.2 Å². The lowest BCUT2D eigenvalue weighted by Gasteiger charge is -2.01. The van der Waals surface area contributed by atoms with Crippen molar-refractivity contribution in [2.45, 2.75) is 0 Å². The number of hydrogen-bond donors (Lipinski definition) is 1. The van der Waals surface area contributed by atoms with Crippen LogP contribution in [0.3, 0.4) is 0 Å². The van der Waals surface area contributed by atoms with E-state index >= 15 is 0 Å². The van der Waals surface area contributed by atoms with E-state index in [1.54, 1.807) is 6.07 Å². The monoisotopic (exact) mass is 186 g/mol. The summed E-state index contributed by atoms with van der Waals surface area (Å²) in [5, 5.41) is -0.0434. The SMILES string of the molecule is C=C(c1ccccc1F)[PH](=O)O. The maximum Gasteiger partial charge on any atom is 0.218 e. The first-order chi connectivity index (χ1) is 5.63. The minimum atomic E-state index is -2.87. The highest BCUT2D eigenvalue weighted by molar-refractivity contribution is 7.50. The Labute approximate surface area is 70.2 Å². The molecule has 1 unspecified atom stereocenters. The van der Waals surface area contributed by atoms with Crippen LogP contribution in [0.25, 0.3) is 5.31 Å². The molecular weight excluding hydrogens is 178 g/mol. The van der Waals surface area contributed by atoms with Crippen LogP contribution < -0.4 is 0 Å². The van der Waals surface area contributed by atoms with Crippen LogP contribution in [-0.2, 0) is 4.57 Å². The molecule has 64 valence electrons. The van der Waals surface area contributed by atoms with E-state index in [4.69, 9.17) is 4.89 Å². The topological polar surface area (TPSA) is 37.3 Å². The van der Waals surface area contributed by atoms with Crippen LogP contribution in [0.1, 0.15) is 5.56 Å². The zero-order valence-corrected chi connectivity index (χ0v) is 7.25. The predicted molar refractivity (Wildman–Crippen MR) is 46.7 cm³/mol. The smallest absolute Gasteiger partial charge is 0.218 e. The molecule has 0 bridgehead atoms. The molecule has 1 atom stereocenters. The molecule has 0 heterocycles. The molecule has 0 aliphatic heterocycles. The summed E-state index contributed by atoms with van der Waals surface area (Å²) < 4.78 is 23.5. The Morgan fingerprint density at radius 2 is 2.08 bits per heavy atom. The molecule has 1 aromatic carbocycles. The quantitative estimate of drug-likeness (QED) is 0.719. The second-order valence-corrected chi connectivity index (χ2v) is 3.48. The summed E-state index contributed by atoms with van der Waals surface area (Å²) in [7, 11) is -2.87. The van der Waals surface area contributed by atoms with E-state index in [0.29, 0.717) is 0 Å². The lowest BCUT2D eigenvalue weighted by molar-refractivity contribution is 0.513. The van der Waals surface area contributed by atoms with Crippen LogP contribution >= 0.6 is 8.03 Å². The van der Waals surface area contributed by atoms with Crippen molar-refractivity contribution in [3.63, 3.8) is 0 Å². The summed E-state index contributed by atoms with van der Waals surface area (Å²) in [4.78, 5) is 8.68. The van der Waals surface area contributed by atoms with Crippen molar-refractivity contribution < 1.29 is 13.8 Å². The van der Waals surface area contributed by atoms with Crippen LogP contribution in [-0.4, -0.2) is 4.89 Å². The Balaban J connectivity index is 3.11. The van der Waals surface area contributed by atoms with Gasteiger partial charge in [-0.2, -0.15) is 0 Å². The number of hydrogen-bond acceptors (Lipinski definition) is 1. The third-order valence-corrected chi connectivity index (χ3v) is 2.24. The first-order valence-electron chi connectivity index (χ1n) is 3.30. The summed E-state index contributed by atoms with van der Waals surface area (Å²) >= 11 is 0. The van der Waals surface area contributed by atoms with Gasteiger partial charge in [-0.3, -0.25) is 4.57 Å². The maximum atomic E-state index is 12.9. The highest BCUT2D eigenvalue weighted by Gasteiger charge is 2.08. The van der Waals surface area contributed by atoms with Gasteiger partial charge in [0.05, 0.1) is 0 Å². The number of halogens is 1. The van der Waals surface area contributed by atoms with Crippen molar-refractivity contribution in [2.24, 2.45) is 0 Å². The van der Waals surface area contributed by atoms with Crippen LogP contribution in [0.2, 0.25) is 0 Å². The summed E-state index contributed by atoms with van der Waals surface area (Å²) in [6, 6.07) is 5.76. The van der Waals surface area contributed by atoms with Crippen LogP contribution in [0.4, 0.5) is 4.39 Å². The van der Waals surface area contributed by atoms with E-state index in [-0.39, 0.29) is 10.9 Å². The maximum absolute atomic E-state index is 12.9. The molecule has 1 N–H and O–H groups in total. The van der Waals surface area contributed by atoms with Crippen molar-refractivity contribution in [3.05, 3.63) is 42.2 Å². The zero-order chi connectivity index (χ0) is 9.14. The van der Waals surface area contributed by atoms with Gasteiger partial charge in [-0.05, 0) is 6.07 Å². The summed E-state index contributed by atoms with van der Waals surface area (Å²) in [5.74, 6) is -0.519. The van der Waals surface area contributed by atoms with Crippen LogP contribution in [0.5, 0.6) is 0 Å². The van der Waals surface area contributed by atoms with Gasteiger partial charge >= 0.3 is 0 Å². The lowest BCUT2D eigenvalue weighted by Crippen LogP contribution is -1.83. The zero-order valence-electron chi connectivity index (χ0n) is 6.25. The van der Waals surface area contributed by atoms with Crippen LogP contribution in [0, 0.1) is 5.82 Å². The number of benzene rings is 1. The Morgan fingerprint density at radius 1 is 1.50 bits per heavy atom. The Bertz CT molecular complexity index is 336.